The van der Waals surface area contributed by atoms with E-state index in [4.69, 9.17) is 4.98 Å². The number of fused-ring (bicyclic) bond motifs is 1. The Morgan fingerprint density at radius 3 is 2.52 bits per heavy atom. The number of benzene rings is 2. The summed E-state index contributed by atoms with van der Waals surface area (Å²) in [5.74, 6) is 2.28. The monoisotopic (exact) mass is 464 g/mol. The molecule has 2 heterocycles. The van der Waals surface area contributed by atoms with Crippen molar-refractivity contribution in [3.63, 3.8) is 0 Å². The minimum atomic E-state index is -0.285. The molecule has 1 atom stereocenters. The molecule has 0 aliphatic carbocycles. The number of hydrogen-bond acceptors (Lipinski definition) is 4. The number of imidazole rings is 1. The molecule has 33 heavy (non-hydrogen) atoms. The first-order valence-electron chi connectivity index (χ1n) is 11.6. The maximum absolute atomic E-state index is 13.2. The van der Waals surface area contributed by atoms with E-state index in [0.717, 1.165) is 55.0 Å². The van der Waals surface area contributed by atoms with Gasteiger partial charge in [-0.05, 0) is 61.5 Å². The smallest absolute Gasteiger partial charge is 0.251 e. The fourth-order valence-corrected chi connectivity index (χ4v) is 4.82. The number of thioether (sulfide) groups is 1. The van der Waals surface area contributed by atoms with Crippen LogP contribution in [0, 0.1) is 5.92 Å². The Kier molecular flexibility index (Phi) is 7.70. The van der Waals surface area contributed by atoms with Gasteiger partial charge in [0.15, 0.2) is 0 Å². The molecule has 1 fully saturated rings. The van der Waals surface area contributed by atoms with Crippen molar-refractivity contribution in [2.75, 3.05) is 25.1 Å². The first kappa shape index (κ1) is 23.4. The fourth-order valence-electron chi connectivity index (χ4n) is 4.35. The van der Waals surface area contributed by atoms with Crippen molar-refractivity contribution >= 4 is 34.6 Å². The lowest BCUT2D eigenvalue weighted by atomic mass is 9.99. The van der Waals surface area contributed by atoms with E-state index < -0.39 is 0 Å². The second-order valence-corrected chi connectivity index (χ2v) is 9.77. The van der Waals surface area contributed by atoms with Crippen LogP contribution in [-0.4, -0.2) is 51.4 Å². The second kappa shape index (κ2) is 10.9. The summed E-state index contributed by atoms with van der Waals surface area (Å²) in [6.45, 7) is 4.10. The maximum atomic E-state index is 13.2. The molecule has 1 unspecified atom stereocenters. The molecule has 0 spiro atoms. The van der Waals surface area contributed by atoms with Gasteiger partial charge in [-0.25, -0.2) is 4.98 Å². The number of nitrogens with one attached hydrogen (secondary N) is 1. The minimum Gasteiger partial charge on any atom is -0.342 e. The number of aromatic nitrogens is 2. The molecule has 0 bridgehead atoms. The Hall–Kier alpha value is -2.80. The lowest BCUT2D eigenvalue weighted by Gasteiger charge is -2.31. The number of carbonyl (C=O) groups excluding carboxylic acids is 2. The van der Waals surface area contributed by atoms with Crippen LogP contribution in [-0.2, 0) is 11.3 Å². The van der Waals surface area contributed by atoms with Crippen molar-refractivity contribution in [1.29, 1.82) is 0 Å². The number of hydrogen-bond donors (Lipinski definition) is 1. The molecule has 1 N–H and O–H groups in total. The molecule has 2 aromatic carbocycles. The van der Waals surface area contributed by atoms with E-state index in [2.05, 4.69) is 18.5 Å². The summed E-state index contributed by atoms with van der Waals surface area (Å²) in [4.78, 5) is 33.1. The zero-order valence-electron chi connectivity index (χ0n) is 19.4. The van der Waals surface area contributed by atoms with Crippen LogP contribution < -0.4 is 5.32 Å². The van der Waals surface area contributed by atoms with Crippen LogP contribution in [0.1, 0.15) is 48.4 Å². The lowest BCUT2D eigenvalue weighted by molar-refractivity contribution is -0.133. The first-order valence-corrected chi connectivity index (χ1v) is 13.0. The van der Waals surface area contributed by atoms with E-state index in [1.54, 1.807) is 11.8 Å². The summed E-state index contributed by atoms with van der Waals surface area (Å²) in [5, 5.41) is 3.18. The van der Waals surface area contributed by atoms with Crippen LogP contribution in [0.15, 0.2) is 54.6 Å². The summed E-state index contributed by atoms with van der Waals surface area (Å²) >= 11 is 1.73. The zero-order valence-corrected chi connectivity index (χ0v) is 20.2. The van der Waals surface area contributed by atoms with Gasteiger partial charge in [0.25, 0.3) is 5.91 Å². The van der Waals surface area contributed by atoms with Crippen molar-refractivity contribution < 1.29 is 9.59 Å². The van der Waals surface area contributed by atoms with Gasteiger partial charge in [-0.3, -0.25) is 9.59 Å². The van der Waals surface area contributed by atoms with E-state index in [1.165, 1.54) is 0 Å². The third kappa shape index (κ3) is 5.58. The van der Waals surface area contributed by atoms with Gasteiger partial charge in [0.2, 0.25) is 5.91 Å². The molecule has 1 saturated heterocycles. The van der Waals surface area contributed by atoms with Crippen molar-refractivity contribution in [1.82, 2.24) is 19.8 Å². The summed E-state index contributed by atoms with van der Waals surface area (Å²) in [6, 6.07) is 16.8. The molecular formula is C26H32N4O2S. The highest BCUT2D eigenvalue weighted by Gasteiger charge is 2.26. The fraction of sp³-hybridized carbons (Fsp3) is 0.423. The van der Waals surface area contributed by atoms with E-state index >= 15 is 0 Å². The molecular weight excluding hydrogens is 432 g/mol. The van der Waals surface area contributed by atoms with E-state index in [-0.39, 0.29) is 24.4 Å². The second-order valence-electron chi connectivity index (χ2n) is 8.78. The molecule has 174 valence electrons. The largest absolute Gasteiger partial charge is 0.342 e. The van der Waals surface area contributed by atoms with Crippen LogP contribution in [0.3, 0.4) is 0 Å². The Balaban J connectivity index is 1.64. The molecule has 1 aromatic heterocycles. The van der Waals surface area contributed by atoms with Crippen molar-refractivity contribution in [3.8, 4) is 0 Å². The Morgan fingerprint density at radius 1 is 1.09 bits per heavy atom. The normalized spacial score (nSPS) is 15.5. The van der Waals surface area contributed by atoms with Gasteiger partial charge in [0.1, 0.15) is 12.4 Å². The topological polar surface area (TPSA) is 67.2 Å². The zero-order chi connectivity index (χ0) is 23.2. The third-order valence-corrected chi connectivity index (χ3v) is 7.02. The summed E-state index contributed by atoms with van der Waals surface area (Å²) in [5.41, 5.74) is 2.39. The number of para-hydroxylation sites is 2. The van der Waals surface area contributed by atoms with Gasteiger partial charge in [-0.15, -0.1) is 0 Å². The SMILES string of the molecule is CSCCC(NC(=O)c1ccccc1)c1nc2ccccc2n1CC(=O)N1CCC(C)CC1. The van der Waals surface area contributed by atoms with E-state index in [0.29, 0.717) is 11.5 Å². The molecule has 2 amide bonds. The Bertz CT molecular complexity index is 1090. The maximum Gasteiger partial charge on any atom is 0.251 e. The molecule has 0 saturated carbocycles. The van der Waals surface area contributed by atoms with Crippen LogP contribution in [0.2, 0.25) is 0 Å². The molecule has 1 aliphatic heterocycles. The third-order valence-electron chi connectivity index (χ3n) is 6.38. The van der Waals surface area contributed by atoms with Crippen LogP contribution in [0.5, 0.6) is 0 Å². The van der Waals surface area contributed by atoms with Gasteiger partial charge in [0.05, 0.1) is 17.1 Å². The van der Waals surface area contributed by atoms with Gasteiger partial charge < -0.3 is 14.8 Å². The highest BCUT2D eigenvalue weighted by molar-refractivity contribution is 7.98. The number of piperidine rings is 1. The standard InChI is InChI=1S/C26H32N4O2S/c1-19-12-15-29(16-13-19)24(31)18-30-23-11-7-6-10-21(23)27-25(30)22(14-17-33-2)28-26(32)20-8-4-3-5-9-20/h3-11,19,22H,12-18H2,1-2H3,(H,28,32). The molecule has 3 aromatic rings. The Morgan fingerprint density at radius 2 is 1.79 bits per heavy atom. The number of nitrogens with zero attached hydrogens (tertiary/aromatic N) is 3. The summed E-state index contributed by atoms with van der Waals surface area (Å²) < 4.78 is 2.01. The minimum absolute atomic E-state index is 0.115. The van der Waals surface area contributed by atoms with E-state index in [9.17, 15) is 9.59 Å². The lowest BCUT2D eigenvalue weighted by Crippen LogP contribution is -2.40. The molecule has 0 radical (unpaired) electrons. The molecule has 1 aliphatic rings. The van der Waals surface area contributed by atoms with Gasteiger partial charge in [-0.1, -0.05) is 37.3 Å². The van der Waals surface area contributed by atoms with Gasteiger partial charge in [-0.2, -0.15) is 11.8 Å². The van der Waals surface area contributed by atoms with E-state index in [1.807, 2.05) is 64.1 Å². The highest BCUT2D eigenvalue weighted by atomic mass is 32.2. The van der Waals surface area contributed by atoms with Crippen LogP contribution in [0.4, 0.5) is 0 Å². The van der Waals surface area contributed by atoms with Crippen molar-refractivity contribution in [2.45, 2.75) is 38.8 Å². The van der Waals surface area contributed by atoms with Crippen LogP contribution >= 0.6 is 11.8 Å². The Labute approximate surface area is 199 Å². The van der Waals surface area contributed by atoms with Gasteiger partial charge >= 0.3 is 0 Å². The van der Waals surface area contributed by atoms with Crippen molar-refractivity contribution in [2.24, 2.45) is 5.92 Å². The number of likely N-dealkylation sites (tertiary alicyclic amines) is 1. The number of rotatable bonds is 8. The number of carbonyl (C=O) groups is 2. The quantitative estimate of drug-likeness (QED) is 0.532. The summed E-state index contributed by atoms with van der Waals surface area (Å²) in [6.07, 6.45) is 4.89. The average molecular weight is 465 g/mol. The molecule has 4 rings (SSSR count). The van der Waals surface area contributed by atoms with Gasteiger partial charge in [0, 0.05) is 18.7 Å². The predicted octanol–water partition coefficient (Wildman–Crippen LogP) is 4.52. The van der Waals surface area contributed by atoms with Crippen LogP contribution in [0.25, 0.3) is 11.0 Å². The first-order chi connectivity index (χ1) is 16.1. The highest BCUT2D eigenvalue weighted by Crippen LogP contribution is 2.25. The van der Waals surface area contributed by atoms with Crippen molar-refractivity contribution in [3.05, 3.63) is 66.0 Å². The predicted molar refractivity (Wildman–Crippen MR) is 134 cm³/mol. The molecule has 7 heteroatoms. The average Bonchev–Trinajstić information content (AvgIpc) is 3.20. The molecule has 6 nitrogen and oxygen atoms in total. The number of amides is 2. The summed E-state index contributed by atoms with van der Waals surface area (Å²) in [7, 11) is 0.